The van der Waals surface area contributed by atoms with Gasteiger partial charge in [0.25, 0.3) is 0 Å². The number of thioether (sulfide) groups is 1. The van der Waals surface area contributed by atoms with E-state index >= 15 is 0 Å². The molecule has 5 heteroatoms. The van der Waals surface area contributed by atoms with E-state index in [0.29, 0.717) is 16.3 Å². The van der Waals surface area contributed by atoms with E-state index in [9.17, 15) is 19.4 Å². The summed E-state index contributed by atoms with van der Waals surface area (Å²) in [5.41, 5.74) is 0.457. The Bertz CT molecular complexity index is 630. The van der Waals surface area contributed by atoms with E-state index in [4.69, 9.17) is 0 Å². The molecule has 2 rings (SSSR count). The molecule has 2 atom stereocenters. The third-order valence-corrected chi connectivity index (χ3v) is 3.96. The fourth-order valence-corrected chi connectivity index (χ4v) is 2.63. The van der Waals surface area contributed by atoms with Crippen molar-refractivity contribution in [3.63, 3.8) is 0 Å². The zero-order valence-electron chi connectivity index (χ0n) is 10.9. The number of fused-ring (bicyclic) bond motifs is 1. The highest BCUT2D eigenvalue weighted by molar-refractivity contribution is 8.13. The molecule has 0 aliphatic rings. The van der Waals surface area contributed by atoms with E-state index in [1.54, 1.807) is 24.3 Å². The molecule has 3 nitrogen and oxygen atoms in total. The van der Waals surface area contributed by atoms with Crippen LogP contribution in [0.15, 0.2) is 36.4 Å². The molecule has 106 valence electrons. The van der Waals surface area contributed by atoms with Gasteiger partial charge in [-0.15, -0.1) is 0 Å². The molecule has 0 heterocycles. The number of hydrogen-bond acceptors (Lipinski definition) is 4. The lowest BCUT2D eigenvalue weighted by Gasteiger charge is -2.19. The van der Waals surface area contributed by atoms with Crippen LogP contribution in [0, 0.1) is 5.82 Å². The van der Waals surface area contributed by atoms with E-state index < -0.39 is 12.2 Å². The average Bonchev–Trinajstić information content (AvgIpc) is 2.44. The number of hydrogen-bond donors (Lipinski definition) is 2. The molecular formula is C15H15FO3S. The van der Waals surface area contributed by atoms with Crippen LogP contribution in [0.2, 0.25) is 0 Å². The molecule has 20 heavy (non-hydrogen) atoms. The maximum atomic E-state index is 13.7. The SMILES string of the molecule is CC(=O)SCC(O)C(O)c1ccc(F)c2ccccc12. The monoisotopic (exact) mass is 294 g/mol. The van der Waals surface area contributed by atoms with Crippen molar-refractivity contribution in [2.75, 3.05) is 5.75 Å². The van der Waals surface area contributed by atoms with Crippen LogP contribution < -0.4 is 0 Å². The number of carbonyl (C=O) groups is 1. The van der Waals surface area contributed by atoms with Crippen LogP contribution in [0.25, 0.3) is 10.8 Å². The van der Waals surface area contributed by atoms with Gasteiger partial charge in [-0.05, 0) is 17.0 Å². The van der Waals surface area contributed by atoms with Crippen molar-refractivity contribution in [2.45, 2.75) is 19.1 Å². The average molecular weight is 294 g/mol. The molecule has 0 amide bonds. The van der Waals surface area contributed by atoms with E-state index in [1.165, 1.54) is 19.1 Å². The van der Waals surface area contributed by atoms with E-state index in [0.717, 1.165) is 11.8 Å². The Morgan fingerprint density at radius 1 is 1.20 bits per heavy atom. The Morgan fingerprint density at radius 3 is 2.50 bits per heavy atom. The molecule has 0 aliphatic heterocycles. The minimum Gasteiger partial charge on any atom is -0.389 e. The van der Waals surface area contributed by atoms with Crippen molar-refractivity contribution < 1.29 is 19.4 Å². The Labute approximate surface area is 120 Å². The summed E-state index contributed by atoms with van der Waals surface area (Å²) in [4.78, 5) is 10.9. The fourth-order valence-electron chi connectivity index (χ4n) is 2.04. The van der Waals surface area contributed by atoms with Crippen molar-refractivity contribution in [3.8, 4) is 0 Å². The molecule has 2 aromatic carbocycles. The Kier molecular flexibility index (Phi) is 4.75. The van der Waals surface area contributed by atoms with Crippen LogP contribution in [0.1, 0.15) is 18.6 Å². The summed E-state index contributed by atoms with van der Waals surface area (Å²) >= 11 is 0.948. The van der Waals surface area contributed by atoms with E-state index in [-0.39, 0.29) is 16.7 Å². The summed E-state index contributed by atoms with van der Waals surface area (Å²) < 4.78 is 13.7. The highest BCUT2D eigenvalue weighted by Crippen LogP contribution is 2.29. The molecule has 0 fully saturated rings. The molecular weight excluding hydrogens is 279 g/mol. The van der Waals surface area contributed by atoms with Gasteiger partial charge in [-0.3, -0.25) is 4.79 Å². The van der Waals surface area contributed by atoms with Crippen molar-refractivity contribution in [1.29, 1.82) is 0 Å². The topological polar surface area (TPSA) is 57.5 Å². The first-order valence-electron chi connectivity index (χ1n) is 6.17. The predicted octanol–water partition coefficient (Wildman–Crippen LogP) is 2.65. The minimum absolute atomic E-state index is 0.0994. The fraction of sp³-hybridized carbons (Fsp3) is 0.267. The van der Waals surface area contributed by atoms with Crippen LogP contribution >= 0.6 is 11.8 Å². The Hall–Kier alpha value is -1.43. The highest BCUT2D eigenvalue weighted by Gasteiger charge is 2.21. The first-order valence-corrected chi connectivity index (χ1v) is 7.16. The Morgan fingerprint density at radius 2 is 1.85 bits per heavy atom. The van der Waals surface area contributed by atoms with Crippen LogP contribution in [-0.4, -0.2) is 27.2 Å². The third-order valence-electron chi connectivity index (χ3n) is 3.05. The normalized spacial score (nSPS) is 14.2. The molecule has 0 saturated carbocycles. The van der Waals surface area contributed by atoms with Gasteiger partial charge in [-0.2, -0.15) is 0 Å². The first-order chi connectivity index (χ1) is 9.50. The highest BCUT2D eigenvalue weighted by atomic mass is 32.2. The maximum absolute atomic E-state index is 13.7. The molecule has 0 aliphatic carbocycles. The van der Waals surface area contributed by atoms with E-state index in [2.05, 4.69) is 0 Å². The van der Waals surface area contributed by atoms with Crippen molar-refractivity contribution in [2.24, 2.45) is 0 Å². The predicted molar refractivity (Wildman–Crippen MR) is 78.0 cm³/mol. The lowest BCUT2D eigenvalue weighted by Crippen LogP contribution is -2.21. The van der Waals surface area contributed by atoms with Gasteiger partial charge in [0.05, 0.1) is 6.10 Å². The molecule has 0 spiro atoms. The first kappa shape index (κ1) is 15.0. The van der Waals surface area contributed by atoms with Gasteiger partial charge in [-0.1, -0.05) is 42.1 Å². The van der Waals surface area contributed by atoms with E-state index in [1.807, 2.05) is 0 Å². The molecule has 2 aromatic rings. The Balaban J connectivity index is 2.32. The summed E-state index contributed by atoms with van der Waals surface area (Å²) in [6, 6.07) is 9.51. The largest absolute Gasteiger partial charge is 0.389 e. The second-order valence-corrected chi connectivity index (χ2v) is 5.69. The van der Waals surface area contributed by atoms with Crippen LogP contribution in [0.4, 0.5) is 4.39 Å². The lowest BCUT2D eigenvalue weighted by atomic mass is 9.97. The second-order valence-electron chi connectivity index (χ2n) is 4.50. The van der Waals surface area contributed by atoms with Crippen LogP contribution in [0.3, 0.4) is 0 Å². The summed E-state index contributed by atoms with van der Waals surface area (Å²) in [6.07, 6.45) is -2.25. The number of aliphatic hydroxyl groups excluding tert-OH is 2. The van der Waals surface area contributed by atoms with Gasteiger partial charge in [-0.25, -0.2) is 4.39 Å². The maximum Gasteiger partial charge on any atom is 0.185 e. The van der Waals surface area contributed by atoms with Gasteiger partial charge in [0.2, 0.25) is 0 Å². The minimum atomic E-state index is -1.16. The molecule has 0 aromatic heterocycles. The number of benzene rings is 2. The molecule has 0 saturated heterocycles. The van der Waals surface area contributed by atoms with Crippen LogP contribution in [0.5, 0.6) is 0 Å². The molecule has 2 unspecified atom stereocenters. The summed E-state index contributed by atoms with van der Waals surface area (Å²) in [5, 5.41) is 21.0. The zero-order valence-corrected chi connectivity index (χ0v) is 11.7. The number of carbonyl (C=O) groups excluding carboxylic acids is 1. The number of rotatable bonds is 4. The third kappa shape index (κ3) is 3.17. The molecule has 0 bridgehead atoms. The summed E-state index contributed by atoms with van der Waals surface area (Å²) in [6.45, 7) is 1.40. The zero-order chi connectivity index (χ0) is 14.7. The van der Waals surface area contributed by atoms with Gasteiger partial charge < -0.3 is 10.2 Å². The smallest absolute Gasteiger partial charge is 0.185 e. The molecule has 2 N–H and O–H groups in total. The van der Waals surface area contributed by atoms with Crippen molar-refractivity contribution >= 4 is 27.6 Å². The summed E-state index contributed by atoms with van der Waals surface area (Å²) in [5.74, 6) is -0.272. The lowest BCUT2D eigenvalue weighted by molar-refractivity contribution is -0.109. The van der Waals surface area contributed by atoms with Gasteiger partial charge in [0.1, 0.15) is 11.9 Å². The number of aliphatic hydroxyl groups is 2. The second kappa shape index (κ2) is 6.35. The van der Waals surface area contributed by atoms with Crippen LogP contribution in [-0.2, 0) is 4.79 Å². The van der Waals surface area contributed by atoms with Gasteiger partial charge in [0.15, 0.2) is 5.12 Å². The van der Waals surface area contributed by atoms with Gasteiger partial charge in [0, 0.05) is 18.1 Å². The number of halogens is 1. The molecule has 0 radical (unpaired) electrons. The quantitative estimate of drug-likeness (QED) is 0.910. The van der Waals surface area contributed by atoms with Gasteiger partial charge >= 0.3 is 0 Å². The van der Waals surface area contributed by atoms with Crippen molar-refractivity contribution in [3.05, 3.63) is 47.8 Å². The van der Waals surface area contributed by atoms with Crippen molar-refractivity contribution in [1.82, 2.24) is 0 Å². The standard InChI is InChI=1S/C15H15FO3S/c1-9(17)20-8-14(18)15(19)12-6-7-13(16)11-5-3-2-4-10(11)12/h2-7,14-15,18-19H,8H2,1H3. The summed E-state index contributed by atoms with van der Waals surface area (Å²) in [7, 11) is 0.